The average molecular weight is 380 g/mol. The van der Waals surface area contributed by atoms with Gasteiger partial charge in [-0.05, 0) is 62.7 Å². The monoisotopic (exact) mass is 379 g/mol. The molecule has 2 aliphatic rings. The van der Waals surface area contributed by atoms with Gasteiger partial charge in [0.2, 0.25) is 5.91 Å². The molecule has 2 fully saturated rings. The molecule has 0 bridgehead atoms. The molecule has 0 radical (unpaired) electrons. The zero-order chi connectivity index (χ0) is 17.6. The van der Waals surface area contributed by atoms with Gasteiger partial charge in [-0.25, -0.2) is 0 Å². The summed E-state index contributed by atoms with van der Waals surface area (Å²) in [6.07, 6.45) is 4.66. The Morgan fingerprint density at radius 3 is 2.62 bits per heavy atom. The van der Waals surface area contributed by atoms with Crippen LogP contribution in [-0.2, 0) is 4.79 Å². The molecular weight excluding hydrogens is 350 g/mol. The van der Waals surface area contributed by atoms with E-state index in [-0.39, 0.29) is 24.2 Å². The van der Waals surface area contributed by atoms with Gasteiger partial charge < -0.3 is 15.5 Å². The maximum absolute atomic E-state index is 12.8. The lowest BCUT2D eigenvalue weighted by molar-refractivity contribution is -0.116. The van der Waals surface area contributed by atoms with E-state index in [1.165, 1.54) is 0 Å². The average Bonchev–Trinajstić information content (AvgIpc) is 3.14. The molecule has 3 rings (SSSR count). The van der Waals surface area contributed by atoms with Gasteiger partial charge in [0.15, 0.2) is 0 Å². The molecule has 0 spiro atoms. The summed E-state index contributed by atoms with van der Waals surface area (Å²) < 4.78 is 0. The molecule has 5 nitrogen and oxygen atoms in total. The minimum atomic E-state index is -0.000540. The Labute approximate surface area is 162 Å². The van der Waals surface area contributed by atoms with Crippen LogP contribution in [0, 0.1) is 11.8 Å². The zero-order valence-electron chi connectivity index (χ0n) is 15.5. The number of anilines is 1. The smallest absolute Gasteiger partial charge is 0.255 e. The van der Waals surface area contributed by atoms with Crippen LogP contribution in [0.4, 0.5) is 5.69 Å². The van der Waals surface area contributed by atoms with E-state index in [4.69, 9.17) is 0 Å². The third kappa shape index (κ3) is 5.45. The summed E-state index contributed by atoms with van der Waals surface area (Å²) in [6.45, 7) is 5.90. The Hall–Kier alpha value is -1.59. The molecule has 2 amide bonds. The van der Waals surface area contributed by atoms with Crippen LogP contribution in [-0.4, -0.2) is 42.9 Å². The van der Waals surface area contributed by atoms with E-state index in [0.717, 1.165) is 51.9 Å². The van der Waals surface area contributed by atoms with Gasteiger partial charge in [0, 0.05) is 19.5 Å². The van der Waals surface area contributed by atoms with E-state index in [2.05, 4.69) is 17.6 Å². The van der Waals surface area contributed by atoms with Gasteiger partial charge in [-0.15, -0.1) is 12.4 Å². The number of piperidine rings is 1. The van der Waals surface area contributed by atoms with Crippen LogP contribution < -0.4 is 10.6 Å². The summed E-state index contributed by atoms with van der Waals surface area (Å²) >= 11 is 0. The van der Waals surface area contributed by atoms with Crippen molar-refractivity contribution in [1.82, 2.24) is 10.2 Å². The number of rotatable bonds is 5. The van der Waals surface area contributed by atoms with Gasteiger partial charge in [0.1, 0.15) is 0 Å². The molecule has 0 aromatic heterocycles. The van der Waals surface area contributed by atoms with Crippen LogP contribution in [0.1, 0.15) is 49.4 Å². The van der Waals surface area contributed by atoms with Crippen LogP contribution in [0.5, 0.6) is 0 Å². The first-order valence-corrected chi connectivity index (χ1v) is 9.52. The normalized spacial score (nSPS) is 20.5. The molecule has 144 valence electrons. The minimum absolute atomic E-state index is 0. The van der Waals surface area contributed by atoms with Crippen molar-refractivity contribution < 1.29 is 9.59 Å². The molecule has 1 atom stereocenters. The number of carbonyl (C=O) groups is 2. The number of para-hydroxylation sites is 1. The van der Waals surface area contributed by atoms with Crippen LogP contribution >= 0.6 is 12.4 Å². The van der Waals surface area contributed by atoms with Crippen molar-refractivity contribution in [2.45, 2.75) is 39.0 Å². The van der Waals surface area contributed by atoms with E-state index < -0.39 is 0 Å². The number of hydrogen-bond donors (Lipinski definition) is 2. The maximum Gasteiger partial charge on any atom is 0.255 e. The van der Waals surface area contributed by atoms with E-state index in [1.807, 2.05) is 29.2 Å². The molecule has 2 saturated heterocycles. The zero-order valence-corrected chi connectivity index (χ0v) is 16.3. The lowest BCUT2D eigenvalue weighted by atomic mass is 9.98. The summed E-state index contributed by atoms with van der Waals surface area (Å²) in [5.74, 6) is 1.31. The molecule has 26 heavy (non-hydrogen) atoms. The van der Waals surface area contributed by atoms with Gasteiger partial charge in [-0.3, -0.25) is 9.59 Å². The second-order valence-corrected chi connectivity index (χ2v) is 7.47. The molecular formula is C20H30ClN3O2. The summed E-state index contributed by atoms with van der Waals surface area (Å²) in [7, 11) is 0. The number of likely N-dealkylation sites (tertiary alicyclic amines) is 1. The number of hydrogen-bond acceptors (Lipinski definition) is 3. The van der Waals surface area contributed by atoms with E-state index in [1.54, 1.807) is 0 Å². The van der Waals surface area contributed by atoms with Crippen molar-refractivity contribution in [3.8, 4) is 0 Å². The molecule has 1 unspecified atom stereocenters. The molecule has 0 saturated carbocycles. The molecule has 0 aliphatic carbocycles. The third-order valence-corrected chi connectivity index (χ3v) is 5.44. The minimum Gasteiger partial charge on any atom is -0.339 e. The van der Waals surface area contributed by atoms with Crippen molar-refractivity contribution in [3.63, 3.8) is 0 Å². The van der Waals surface area contributed by atoms with E-state index in [0.29, 0.717) is 29.5 Å². The van der Waals surface area contributed by atoms with E-state index >= 15 is 0 Å². The molecule has 2 aliphatic heterocycles. The van der Waals surface area contributed by atoms with Crippen molar-refractivity contribution in [3.05, 3.63) is 29.8 Å². The molecule has 1 aromatic rings. The van der Waals surface area contributed by atoms with Crippen molar-refractivity contribution in [1.29, 1.82) is 0 Å². The fourth-order valence-electron chi connectivity index (χ4n) is 3.67. The summed E-state index contributed by atoms with van der Waals surface area (Å²) in [4.78, 5) is 27.1. The first kappa shape index (κ1) is 20.7. The van der Waals surface area contributed by atoms with Crippen LogP contribution in [0.3, 0.4) is 0 Å². The standard InChI is InChI=1S/C20H29N3O2.ClH/c1-15-9-12-23(13-10-15)20(25)17-4-2-3-5-18(17)22-19(24)7-6-16-8-11-21-14-16;/h2-5,15-16,21H,6-14H2,1H3,(H,22,24);1H. The first-order valence-electron chi connectivity index (χ1n) is 9.52. The summed E-state index contributed by atoms with van der Waals surface area (Å²) in [5.41, 5.74) is 1.24. The van der Waals surface area contributed by atoms with Crippen LogP contribution in [0.25, 0.3) is 0 Å². The number of carbonyl (C=O) groups excluding carboxylic acids is 2. The SMILES string of the molecule is CC1CCN(C(=O)c2ccccc2NC(=O)CCC2CCNC2)CC1.Cl. The maximum atomic E-state index is 12.8. The number of benzene rings is 1. The number of nitrogens with one attached hydrogen (secondary N) is 2. The predicted octanol–water partition coefficient (Wildman–Crippen LogP) is 3.31. The molecule has 2 N–H and O–H groups in total. The van der Waals surface area contributed by atoms with Crippen molar-refractivity contribution in [2.24, 2.45) is 11.8 Å². The van der Waals surface area contributed by atoms with Gasteiger partial charge in [0.25, 0.3) is 5.91 Å². The van der Waals surface area contributed by atoms with E-state index in [9.17, 15) is 9.59 Å². The van der Waals surface area contributed by atoms with Crippen molar-refractivity contribution >= 4 is 29.9 Å². The Kier molecular flexibility index (Phi) is 7.91. The number of nitrogens with zero attached hydrogens (tertiary/aromatic N) is 1. The van der Waals surface area contributed by atoms with Crippen molar-refractivity contribution in [2.75, 3.05) is 31.5 Å². The molecule has 6 heteroatoms. The lowest BCUT2D eigenvalue weighted by Crippen LogP contribution is -2.38. The lowest BCUT2D eigenvalue weighted by Gasteiger charge is -2.30. The Bertz CT molecular complexity index is 609. The third-order valence-electron chi connectivity index (χ3n) is 5.44. The van der Waals surface area contributed by atoms with Gasteiger partial charge in [0.05, 0.1) is 11.3 Å². The quantitative estimate of drug-likeness (QED) is 0.825. The fraction of sp³-hybridized carbons (Fsp3) is 0.600. The first-order chi connectivity index (χ1) is 12.1. The highest BCUT2D eigenvalue weighted by atomic mass is 35.5. The van der Waals surface area contributed by atoms with Gasteiger partial charge in [-0.1, -0.05) is 19.1 Å². The molecule has 1 aromatic carbocycles. The predicted molar refractivity (Wildman–Crippen MR) is 107 cm³/mol. The fourth-order valence-corrected chi connectivity index (χ4v) is 3.67. The highest BCUT2D eigenvalue weighted by Crippen LogP contribution is 2.23. The van der Waals surface area contributed by atoms with Gasteiger partial charge in [-0.2, -0.15) is 0 Å². The topological polar surface area (TPSA) is 61.4 Å². The second kappa shape index (κ2) is 9.93. The highest BCUT2D eigenvalue weighted by Gasteiger charge is 2.23. The number of amides is 2. The Morgan fingerprint density at radius 1 is 1.19 bits per heavy atom. The number of halogens is 1. The van der Waals surface area contributed by atoms with Gasteiger partial charge >= 0.3 is 0 Å². The Balaban J connectivity index is 0.00000243. The summed E-state index contributed by atoms with van der Waals surface area (Å²) in [5, 5.41) is 6.28. The van der Waals surface area contributed by atoms with Crippen LogP contribution in [0.15, 0.2) is 24.3 Å². The largest absolute Gasteiger partial charge is 0.339 e. The summed E-state index contributed by atoms with van der Waals surface area (Å²) in [6, 6.07) is 7.37. The second-order valence-electron chi connectivity index (χ2n) is 7.47. The van der Waals surface area contributed by atoms with Crippen LogP contribution in [0.2, 0.25) is 0 Å². The highest BCUT2D eigenvalue weighted by molar-refractivity contribution is 6.03. The Morgan fingerprint density at radius 2 is 1.92 bits per heavy atom. The molecule has 2 heterocycles.